The largest absolute Gasteiger partial charge is 0.315 e. The third-order valence-electron chi connectivity index (χ3n) is 2.79. The molecule has 92 valence electrons. The number of likely N-dealkylation sites (N-methyl/N-ethyl adjacent to an activating group) is 1. The summed E-state index contributed by atoms with van der Waals surface area (Å²) in [5.74, 6) is -0.283. The van der Waals surface area contributed by atoms with E-state index in [0.717, 1.165) is 11.1 Å². The summed E-state index contributed by atoms with van der Waals surface area (Å²) in [7, 11) is 3.30. The fourth-order valence-corrected chi connectivity index (χ4v) is 3.15. The molecule has 0 saturated carbocycles. The van der Waals surface area contributed by atoms with E-state index in [2.05, 4.69) is 0 Å². The zero-order chi connectivity index (χ0) is 12.8. The molecule has 0 unspecified atom stereocenters. The van der Waals surface area contributed by atoms with Crippen molar-refractivity contribution < 1.29 is 13.2 Å². The number of amides is 1. The third kappa shape index (κ3) is 2.45. The molecular formula is C11H12ClNO3S. The third-order valence-corrected chi connectivity index (χ3v) is 3.77. The molecule has 1 aromatic rings. The molecular weight excluding hydrogens is 262 g/mol. The van der Waals surface area contributed by atoms with Crippen LogP contribution in [0.3, 0.4) is 0 Å². The van der Waals surface area contributed by atoms with Crippen molar-refractivity contribution in [1.29, 1.82) is 0 Å². The minimum Gasteiger partial charge on any atom is -0.315 e. The van der Waals surface area contributed by atoms with Gasteiger partial charge in [0.1, 0.15) is 0 Å². The van der Waals surface area contributed by atoms with Gasteiger partial charge in [-0.1, -0.05) is 17.7 Å². The first-order valence-electron chi connectivity index (χ1n) is 5.09. The van der Waals surface area contributed by atoms with Crippen molar-refractivity contribution in [2.75, 3.05) is 11.9 Å². The molecule has 0 aliphatic carbocycles. The van der Waals surface area contributed by atoms with Crippen molar-refractivity contribution in [2.45, 2.75) is 19.1 Å². The standard InChI is InChI=1S/C11H12ClNO3S/c1-7-3-8-5-10(14)13(2)11(8)9(4-7)6-17(12,15)16/h3-4H,5-6H2,1-2H3. The fraction of sp³-hybridized carbons (Fsp3) is 0.364. The van der Waals surface area contributed by atoms with Gasteiger partial charge in [0.05, 0.1) is 17.9 Å². The monoisotopic (exact) mass is 273 g/mol. The fourth-order valence-electron chi connectivity index (χ4n) is 2.20. The van der Waals surface area contributed by atoms with Gasteiger partial charge < -0.3 is 4.90 Å². The maximum absolute atomic E-state index is 11.6. The van der Waals surface area contributed by atoms with Crippen LogP contribution in [0.15, 0.2) is 12.1 Å². The summed E-state index contributed by atoms with van der Waals surface area (Å²) in [6.45, 7) is 1.87. The number of rotatable bonds is 2. The Balaban J connectivity index is 2.58. The average molecular weight is 274 g/mol. The Morgan fingerprint density at radius 2 is 2.06 bits per heavy atom. The number of benzene rings is 1. The van der Waals surface area contributed by atoms with Crippen molar-refractivity contribution in [3.8, 4) is 0 Å². The number of aryl methyl sites for hydroxylation is 1. The second kappa shape index (κ2) is 3.99. The Bertz CT molecular complexity index is 595. The predicted octanol–water partition coefficient (Wildman–Crippen LogP) is 1.58. The average Bonchev–Trinajstić information content (AvgIpc) is 2.39. The molecule has 0 fully saturated rings. The minimum absolute atomic E-state index is 0.0289. The van der Waals surface area contributed by atoms with Gasteiger partial charge in [-0.05, 0) is 18.1 Å². The number of hydrogen-bond donors (Lipinski definition) is 0. The highest BCUT2D eigenvalue weighted by Gasteiger charge is 2.28. The summed E-state index contributed by atoms with van der Waals surface area (Å²) in [6, 6.07) is 3.66. The second-order valence-electron chi connectivity index (χ2n) is 4.24. The van der Waals surface area contributed by atoms with Crippen molar-refractivity contribution >= 4 is 31.3 Å². The van der Waals surface area contributed by atoms with Crippen molar-refractivity contribution in [1.82, 2.24) is 0 Å². The summed E-state index contributed by atoms with van der Waals surface area (Å²) in [6.07, 6.45) is 0.322. The van der Waals surface area contributed by atoms with E-state index in [0.29, 0.717) is 17.7 Å². The summed E-state index contributed by atoms with van der Waals surface area (Å²) < 4.78 is 22.3. The second-order valence-corrected chi connectivity index (χ2v) is 7.02. The maximum atomic E-state index is 11.6. The number of carbonyl (C=O) groups is 1. The number of carbonyl (C=O) groups excluding carboxylic acids is 1. The molecule has 0 spiro atoms. The van der Waals surface area contributed by atoms with Gasteiger partial charge in [0.15, 0.2) is 0 Å². The van der Waals surface area contributed by atoms with Gasteiger partial charge in [0.25, 0.3) is 0 Å². The van der Waals surface area contributed by atoms with Gasteiger partial charge in [0, 0.05) is 17.7 Å². The molecule has 2 rings (SSSR count). The molecule has 1 aliphatic heterocycles. The van der Waals surface area contributed by atoms with Crippen molar-refractivity contribution in [3.63, 3.8) is 0 Å². The Kier molecular flexibility index (Phi) is 2.91. The molecule has 0 N–H and O–H groups in total. The van der Waals surface area contributed by atoms with Crippen LogP contribution in [0.4, 0.5) is 5.69 Å². The molecule has 17 heavy (non-hydrogen) atoms. The Morgan fingerprint density at radius 3 is 2.65 bits per heavy atom. The SMILES string of the molecule is Cc1cc2c(c(CS(=O)(=O)Cl)c1)N(C)C(=O)C2. The lowest BCUT2D eigenvalue weighted by molar-refractivity contribution is -0.117. The molecule has 1 aliphatic rings. The lowest BCUT2D eigenvalue weighted by Crippen LogP contribution is -2.21. The molecule has 0 aromatic heterocycles. The van der Waals surface area contributed by atoms with E-state index < -0.39 is 9.05 Å². The number of nitrogens with zero attached hydrogens (tertiary/aromatic N) is 1. The summed E-state index contributed by atoms with van der Waals surface area (Å²) >= 11 is 0. The van der Waals surface area contributed by atoms with Gasteiger partial charge in [-0.3, -0.25) is 4.79 Å². The normalized spacial score (nSPS) is 15.2. The lowest BCUT2D eigenvalue weighted by atomic mass is 10.0. The minimum atomic E-state index is -3.62. The van der Waals surface area contributed by atoms with E-state index in [1.54, 1.807) is 13.1 Å². The molecule has 4 nitrogen and oxygen atoms in total. The highest BCUT2D eigenvalue weighted by Crippen LogP contribution is 2.34. The highest BCUT2D eigenvalue weighted by atomic mass is 35.7. The molecule has 1 aromatic carbocycles. The number of halogens is 1. The van der Waals surface area contributed by atoms with Crippen LogP contribution in [0, 0.1) is 6.92 Å². The van der Waals surface area contributed by atoms with E-state index in [-0.39, 0.29) is 11.7 Å². The van der Waals surface area contributed by atoms with E-state index in [4.69, 9.17) is 10.7 Å². The molecule has 0 atom stereocenters. The van der Waals surface area contributed by atoms with Crippen LogP contribution < -0.4 is 4.90 Å². The van der Waals surface area contributed by atoms with E-state index in [1.165, 1.54) is 4.90 Å². The van der Waals surface area contributed by atoms with Gasteiger partial charge >= 0.3 is 0 Å². The summed E-state index contributed by atoms with van der Waals surface area (Å²) in [4.78, 5) is 13.1. The lowest BCUT2D eigenvalue weighted by Gasteiger charge is -2.15. The van der Waals surface area contributed by atoms with Crippen LogP contribution in [-0.4, -0.2) is 21.4 Å². The van der Waals surface area contributed by atoms with Crippen LogP contribution >= 0.6 is 10.7 Å². The van der Waals surface area contributed by atoms with Crippen molar-refractivity contribution in [3.05, 3.63) is 28.8 Å². The summed E-state index contributed by atoms with van der Waals surface area (Å²) in [5, 5.41) is 0. The van der Waals surface area contributed by atoms with Gasteiger partial charge in [-0.25, -0.2) is 8.42 Å². The first-order valence-corrected chi connectivity index (χ1v) is 7.57. The van der Waals surface area contributed by atoms with Crippen LogP contribution in [0.5, 0.6) is 0 Å². The summed E-state index contributed by atoms with van der Waals surface area (Å²) in [5.41, 5.74) is 3.07. The van der Waals surface area contributed by atoms with Gasteiger partial charge in [-0.2, -0.15) is 0 Å². The van der Waals surface area contributed by atoms with Crippen LogP contribution in [0.25, 0.3) is 0 Å². The predicted molar refractivity (Wildman–Crippen MR) is 66.8 cm³/mol. The van der Waals surface area contributed by atoms with Crippen molar-refractivity contribution in [2.24, 2.45) is 0 Å². The first kappa shape index (κ1) is 12.4. The molecule has 0 bridgehead atoms. The zero-order valence-electron chi connectivity index (χ0n) is 9.53. The Morgan fingerprint density at radius 1 is 1.41 bits per heavy atom. The first-order chi connectivity index (χ1) is 7.78. The van der Waals surface area contributed by atoms with Gasteiger partial charge in [0.2, 0.25) is 15.0 Å². The van der Waals surface area contributed by atoms with Crippen LogP contribution in [0.2, 0.25) is 0 Å². The number of anilines is 1. The number of hydrogen-bond acceptors (Lipinski definition) is 3. The molecule has 1 heterocycles. The zero-order valence-corrected chi connectivity index (χ0v) is 11.1. The number of fused-ring (bicyclic) bond motifs is 1. The van der Waals surface area contributed by atoms with Crippen LogP contribution in [-0.2, 0) is 26.0 Å². The van der Waals surface area contributed by atoms with Gasteiger partial charge in [-0.15, -0.1) is 0 Å². The molecule has 0 saturated heterocycles. The Hall–Kier alpha value is -1.07. The van der Waals surface area contributed by atoms with Crippen LogP contribution in [0.1, 0.15) is 16.7 Å². The van der Waals surface area contributed by atoms with E-state index >= 15 is 0 Å². The highest BCUT2D eigenvalue weighted by molar-refractivity contribution is 8.13. The van der Waals surface area contributed by atoms with E-state index in [1.807, 2.05) is 13.0 Å². The molecule has 0 radical (unpaired) electrons. The molecule has 1 amide bonds. The smallest absolute Gasteiger partial charge is 0.236 e. The molecule has 6 heteroatoms. The quantitative estimate of drug-likeness (QED) is 0.769. The maximum Gasteiger partial charge on any atom is 0.236 e. The van der Waals surface area contributed by atoms with E-state index in [9.17, 15) is 13.2 Å². The topological polar surface area (TPSA) is 54.5 Å². The Labute approximate surface area is 105 Å².